The molecular formula is C15H25N3OS. The van der Waals surface area contributed by atoms with Crippen LogP contribution < -0.4 is 5.32 Å². The summed E-state index contributed by atoms with van der Waals surface area (Å²) in [6, 6.07) is 5.29. The van der Waals surface area contributed by atoms with E-state index in [1.165, 1.54) is 4.88 Å². The fourth-order valence-electron chi connectivity index (χ4n) is 2.56. The first-order valence-corrected chi connectivity index (χ1v) is 8.16. The van der Waals surface area contributed by atoms with Crippen LogP contribution in [0.15, 0.2) is 17.5 Å². The number of likely N-dealkylation sites (N-methyl/N-ethyl adjacent to an activating group) is 1. The maximum absolute atomic E-state index is 11.7. The standard InChI is InChI=1S/C15H25N3OS/c1-12(14-5-4-10-20-14)16-13-6-8-18(9-7-13)11-15(19)17(2)3/h4-5,10,12-13,16H,6-9,11H2,1-3H3. The van der Waals surface area contributed by atoms with Crippen LogP contribution in [0.2, 0.25) is 0 Å². The Morgan fingerprint density at radius 1 is 1.50 bits per heavy atom. The zero-order valence-electron chi connectivity index (χ0n) is 12.6. The van der Waals surface area contributed by atoms with Gasteiger partial charge in [-0.1, -0.05) is 6.07 Å². The van der Waals surface area contributed by atoms with E-state index in [0.29, 0.717) is 18.6 Å². The number of nitrogens with one attached hydrogen (secondary N) is 1. The number of rotatable bonds is 5. The Labute approximate surface area is 125 Å². The Hall–Kier alpha value is -0.910. The van der Waals surface area contributed by atoms with Gasteiger partial charge in [-0.05, 0) is 31.2 Å². The van der Waals surface area contributed by atoms with Crippen molar-refractivity contribution >= 4 is 17.2 Å². The van der Waals surface area contributed by atoms with E-state index in [-0.39, 0.29) is 5.91 Å². The van der Waals surface area contributed by atoms with Crippen molar-refractivity contribution in [1.82, 2.24) is 15.1 Å². The molecule has 112 valence electrons. The van der Waals surface area contributed by atoms with Crippen LogP contribution in [0.5, 0.6) is 0 Å². The van der Waals surface area contributed by atoms with E-state index >= 15 is 0 Å². The lowest BCUT2D eigenvalue weighted by atomic mass is 10.0. The highest BCUT2D eigenvalue weighted by atomic mass is 32.1. The van der Waals surface area contributed by atoms with E-state index in [1.807, 2.05) is 25.4 Å². The molecule has 1 aliphatic rings. The Morgan fingerprint density at radius 3 is 2.75 bits per heavy atom. The minimum atomic E-state index is 0.198. The fourth-order valence-corrected chi connectivity index (χ4v) is 3.31. The average molecular weight is 295 g/mol. The van der Waals surface area contributed by atoms with Crippen LogP contribution in [0, 0.1) is 0 Å². The smallest absolute Gasteiger partial charge is 0.236 e. The molecular weight excluding hydrogens is 270 g/mol. The lowest BCUT2D eigenvalue weighted by Crippen LogP contribution is -2.46. The molecule has 20 heavy (non-hydrogen) atoms. The molecule has 1 atom stereocenters. The molecule has 1 aromatic rings. The summed E-state index contributed by atoms with van der Waals surface area (Å²) in [4.78, 5) is 17.0. The Morgan fingerprint density at radius 2 is 2.20 bits per heavy atom. The van der Waals surface area contributed by atoms with Crippen molar-refractivity contribution in [2.24, 2.45) is 0 Å². The second kappa shape index (κ2) is 7.20. The summed E-state index contributed by atoms with van der Waals surface area (Å²) in [7, 11) is 3.64. The van der Waals surface area contributed by atoms with E-state index in [9.17, 15) is 4.79 Å². The number of hydrogen-bond donors (Lipinski definition) is 1. The van der Waals surface area contributed by atoms with Crippen LogP contribution in [-0.2, 0) is 4.79 Å². The molecule has 0 radical (unpaired) electrons. The summed E-state index contributed by atoms with van der Waals surface area (Å²) in [6.07, 6.45) is 2.24. The Kier molecular flexibility index (Phi) is 5.57. The van der Waals surface area contributed by atoms with Crippen LogP contribution >= 0.6 is 11.3 Å². The van der Waals surface area contributed by atoms with Gasteiger partial charge in [0.2, 0.25) is 5.91 Å². The number of hydrogen-bond acceptors (Lipinski definition) is 4. The normalized spacial score (nSPS) is 18.9. The van der Waals surface area contributed by atoms with Gasteiger partial charge in [0.25, 0.3) is 0 Å². The molecule has 0 spiro atoms. The van der Waals surface area contributed by atoms with Crippen LogP contribution in [0.4, 0.5) is 0 Å². The van der Waals surface area contributed by atoms with Crippen LogP contribution in [-0.4, -0.2) is 55.5 Å². The van der Waals surface area contributed by atoms with Crippen molar-refractivity contribution in [3.05, 3.63) is 22.4 Å². The number of thiophene rings is 1. The van der Waals surface area contributed by atoms with Crippen molar-refractivity contribution in [2.45, 2.75) is 31.8 Å². The highest BCUT2D eigenvalue weighted by Gasteiger charge is 2.22. The summed E-state index contributed by atoms with van der Waals surface area (Å²) in [5.74, 6) is 0.198. The summed E-state index contributed by atoms with van der Waals surface area (Å²) < 4.78 is 0. The monoisotopic (exact) mass is 295 g/mol. The van der Waals surface area contributed by atoms with Crippen molar-refractivity contribution in [3.63, 3.8) is 0 Å². The van der Waals surface area contributed by atoms with Crippen LogP contribution in [0.1, 0.15) is 30.7 Å². The summed E-state index contributed by atoms with van der Waals surface area (Å²) in [6.45, 7) is 4.80. The molecule has 1 aliphatic heterocycles. The molecule has 1 N–H and O–H groups in total. The number of carbonyl (C=O) groups excluding carboxylic acids is 1. The molecule has 2 rings (SSSR count). The minimum absolute atomic E-state index is 0.198. The topological polar surface area (TPSA) is 35.6 Å². The Balaban J connectivity index is 1.73. The summed E-state index contributed by atoms with van der Waals surface area (Å²) >= 11 is 1.81. The van der Waals surface area contributed by atoms with Gasteiger partial charge < -0.3 is 10.2 Å². The fraction of sp³-hybridized carbons (Fsp3) is 0.667. The highest BCUT2D eigenvalue weighted by molar-refractivity contribution is 7.10. The molecule has 1 aromatic heterocycles. The lowest BCUT2D eigenvalue weighted by Gasteiger charge is -2.33. The number of carbonyl (C=O) groups is 1. The molecule has 1 fully saturated rings. The zero-order chi connectivity index (χ0) is 14.5. The average Bonchev–Trinajstić information content (AvgIpc) is 2.95. The van der Waals surface area contributed by atoms with Gasteiger partial charge >= 0.3 is 0 Å². The molecule has 1 unspecified atom stereocenters. The molecule has 1 saturated heterocycles. The second-order valence-corrected chi connectivity index (χ2v) is 6.72. The SMILES string of the molecule is CC(NC1CCN(CC(=O)N(C)C)CC1)c1cccs1. The number of amides is 1. The first-order valence-electron chi connectivity index (χ1n) is 7.28. The third-order valence-corrected chi connectivity index (χ3v) is 4.96. The third-order valence-electron chi connectivity index (χ3n) is 3.90. The first-order chi connectivity index (χ1) is 9.56. The summed E-state index contributed by atoms with van der Waals surface area (Å²) in [5.41, 5.74) is 0. The van der Waals surface area contributed by atoms with Crippen molar-refractivity contribution < 1.29 is 4.79 Å². The number of nitrogens with zero attached hydrogens (tertiary/aromatic N) is 2. The van der Waals surface area contributed by atoms with Crippen LogP contribution in [0.25, 0.3) is 0 Å². The van der Waals surface area contributed by atoms with Gasteiger partial charge in [0, 0.05) is 44.1 Å². The largest absolute Gasteiger partial charge is 0.348 e. The molecule has 0 bridgehead atoms. The molecule has 0 saturated carbocycles. The van der Waals surface area contributed by atoms with Gasteiger partial charge in [-0.25, -0.2) is 0 Å². The molecule has 4 nitrogen and oxygen atoms in total. The van der Waals surface area contributed by atoms with Gasteiger partial charge in [0.1, 0.15) is 0 Å². The predicted molar refractivity (Wildman–Crippen MR) is 84.0 cm³/mol. The van der Waals surface area contributed by atoms with E-state index < -0.39 is 0 Å². The van der Waals surface area contributed by atoms with Gasteiger partial charge in [-0.15, -0.1) is 11.3 Å². The van der Waals surface area contributed by atoms with Crippen molar-refractivity contribution in [3.8, 4) is 0 Å². The van der Waals surface area contributed by atoms with Crippen LogP contribution in [0.3, 0.4) is 0 Å². The van der Waals surface area contributed by atoms with Gasteiger partial charge in [-0.2, -0.15) is 0 Å². The molecule has 1 amide bonds. The van der Waals surface area contributed by atoms with Crippen molar-refractivity contribution in [1.29, 1.82) is 0 Å². The molecule has 0 aliphatic carbocycles. The van der Waals surface area contributed by atoms with Gasteiger partial charge in [-0.3, -0.25) is 9.69 Å². The van der Waals surface area contributed by atoms with Gasteiger partial charge in [0.15, 0.2) is 0 Å². The maximum Gasteiger partial charge on any atom is 0.236 e. The molecule has 5 heteroatoms. The lowest BCUT2D eigenvalue weighted by molar-refractivity contribution is -0.130. The Bertz CT molecular complexity index is 411. The number of piperidine rings is 1. The van der Waals surface area contributed by atoms with E-state index in [1.54, 1.807) is 4.90 Å². The highest BCUT2D eigenvalue weighted by Crippen LogP contribution is 2.21. The molecule has 2 heterocycles. The predicted octanol–water partition coefficient (Wildman–Crippen LogP) is 1.95. The first kappa shape index (κ1) is 15.5. The van der Waals surface area contributed by atoms with Gasteiger partial charge in [0.05, 0.1) is 6.54 Å². The minimum Gasteiger partial charge on any atom is -0.348 e. The molecule has 0 aromatic carbocycles. The van der Waals surface area contributed by atoms with Crippen molar-refractivity contribution in [2.75, 3.05) is 33.7 Å². The van der Waals surface area contributed by atoms with E-state index in [2.05, 4.69) is 34.7 Å². The van der Waals surface area contributed by atoms with E-state index in [4.69, 9.17) is 0 Å². The zero-order valence-corrected chi connectivity index (χ0v) is 13.4. The quantitative estimate of drug-likeness (QED) is 0.902. The third kappa shape index (κ3) is 4.30. The maximum atomic E-state index is 11.7. The summed E-state index contributed by atoms with van der Waals surface area (Å²) in [5, 5.41) is 5.83. The van der Waals surface area contributed by atoms with E-state index in [0.717, 1.165) is 25.9 Å². The number of likely N-dealkylation sites (tertiary alicyclic amines) is 1. The second-order valence-electron chi connectivity index (χ2n) is 5.74.